The fourth-order valence-electron chi connectivity index (χ4n) is 3.57. The summed E-state index contributed by atoms with van der Waals surface area (Å²) in [5, 5.41) is 2.52. The highest BCUT2D eigenvalue weighted by atomic mass is 35.5. The van der Waals surface area contributed by atoms with Gasteiger partial charge in [0.15, 0.2) is 11.5 Å². The summed E-state index contributed by atoms with van der Waals surface area (Å²) in [6.07, 6.45) is 0. The topological polar surface area (TPSA) is 68.3 Å². The van der Waals surface area contributed by atoms with Gasteiger partial charge in [-0.1, -0.05) is 23.7 Å². The third kappa shape index (κ3) is 6.08. The molecule has 3 aromatic rings. The van der Waals surface area contributed by atoms with Gasteiger partial charge in [-0.25, -0.2) is 0 Å². The molecule has 0 bridgehead atoms. The van der Waals surface area contributed by atoms with Gasteiger partial charge in [0.05, 0.1) is 13.2 Å². The molecule has 1 aromatic heterocycles. The van der Waals surface area contributed by atoms with Crippen LogP contribution in [-0.2, 0) is 22.6 Å². The second-order valence-electron chi connectivity index (χ2n) is 7.74. The molecule has 0 N–H and O–H groups in total. The van der Waals surface area contributed by atoms with Crippen molar-refractivity contribution in [3.63, 3.8) is 0 Å². The fourth-order valence-corrected chi connectivity index (χ4v) is 4.42. The van der Waals surface area contributed by atoms with Gasteiger partial charge in [-0.15, -0.1) is 11.3 Å². The van der Waals surface area contributed by atoms with E-state index < -0.39 is 0 Å². The average molecular weight is 501 g/mol. The molecule has 2 amide bonds. The number of rotatable bonds is 10. The van der Waals surface area contributed by atoms with E-state index in [4.69, 9.17) is 25.8 Å². The number of amides is 2. The summed E-state index contributed by atoms with van der Waals surface area (Å²) in [6, 6.07) is 16.2. The summed E-state index contributed by atoms with van der Waals surface area (Å²) in [5.74, 6) is 0.950. The van der Waals surface area contributed by atoms with Gasteiger partial charge in [0.2, 0.25) is 12.7 Å². The largest absolute Gasteiger partial charge is 0.454 e. The molecule has 0 spiro atoms. The summed E-state index contributed by atoms with van der Waals surface area (Å²) >= 11 is 7.55. The van der Waals surface area contributed by atoms with Gasteiger partial charge < -0.3 is 24.0 Å². The van der Waals surface area contributed by atoms with Crippen LogP contribution in [0.5, 0.6) is 11.5 Å². The molecular formula is C25H25ClN2O5S. The number of carbonyl (C=O) groups is 2. The van der Waals surface area contributed by atoms with Crippen molar-refractivity contribution in [2.75, 3.05) is 33.6 Å². The van der Waals surface area contributed by atoms with Gasteiger partial charge in [0.25, 0.3) is 5.91 Å². The number of nitrogens with zero attached hydrogens (tertiary/aromatic N) is 2. The highest BCUT2D eigenvalue weighted by Crippen LogP contribution is 2.33. The van der Waals surface area contributed by atoms with Crippen LogP contribution in [0.1, 0.15) is 20.8 Å². The smallest absolute Gasteiger partial charge is 0.254 e. The zero-order chi connectivity index (χ0) is 23.9. The molecule has 178 valence electrons. The van der Waals surface area contributed by atoms with Crippen LogP contribution in [0.15, 0.2) is 60.0 Å². The molecule has 9 heteroatoms. The van der Waals surface area contributed by atoms with Crippen molar-refractivity contribution < 1.29 is 23.8 Å². The van der Waals surface area contributed by atoms with Crippen LogP contribution in [-0.4, -0.2) is 55.2 Å². The maximum Gasteiger partial charge on any atom is 0.254 e. The number of benzene rings is 2. The number of hydrogen-bond acceptors (Lipinski definition) is 6. The quantitative estimate of drug-likeness (QED) is 0.411. The lowest BCUT2D eigenvalue weighted by atomic mass is 10.1. The molecule has 2 heterocycles. The molecule has 7 nitrogen and oxygen atoms in total. The first-order valence-corrected chi connectivity index (χ1v) is 12.0. The van der Waals surface area contributed by atoms with Crippen LogP contribution >= 0.6 is 22.9 Å². The third-order valence-electron chi connectivity index (χ3n) is 5.36. The summed E-state index contributed by atoms with van der Waals surface area (Å²) in [7, 11) is 1.56. The Hall–Kier alpha value is -3.07. The Kier molecular flexibility index (Phi) is 8.05. The van der Waals surface area contributed by atoms with E-state index >= 15 is 0 Å². The van der Waals surface area contributed by atoms with Crippen molar-refractivity contribution in [2.45, 2.75) is 13.1 Å². The number of hydrogen-bond donors (Lipinski definition) is 0. The zero-order valence-corrected chi connectivity index (χ0v) is 20.3. The Morgan fingerprint density at radius 2 is 1.82 bits per heavy atom. The van der Waals surface area contributed by atoms with Crippen LogP contribution in [0.25, 0.3) is 0 Å². The maximum atomic E-state index is 13.5. The second-order valence-corrected chi connectivity index (χ2v) is 9.21. The van der Waals surface area contributed by atoms with Crippen LogP contribution in [0.2, 0.25) is 5.02 Å². The number of fused-ring (bicyclic) bond motifs is 1. The normalized spacial score (nSPS) is 11.9. The van der Waals surface area contributed by atoms with E-state index in [1.165, 1.54) is 4.90 Å². The summed E-state index contributed by atoms with van der Waals surface area (Å²) in [6.45, 7) is 1.55. The molecule has 0 fully saturated rings. The first-order valence-electron chi connectivity index (χ1n) is 10.8. The summed E-state index contributed by atoms with van der Waals surface area (Å²) < 4.78 is 16.1. The Labute approximate surface area is 207 Å². The van der Waals surface area contributed by atoms with Crippen LogP contribution in [0.3, 0.4) is 0 Å². The van der Waals surface area contributed by atoms with Crippen molar-refractivity contribution in [1.82, 2.24) is 9.80 Å². The highest BCUT2D eigenvalue weighted by Gasteiger charge is 2.24. The molecule has 0 saturated carbocycles. The minimum Gasteiger partial charge on any atom is -0.454 e. The van der Waals surface area contributed by atoms with Gasteiger partial charge >= 0.3 is 0 Å². The highest BCUT2D eigenvalue weighted by molar-refractivity contribution is 7.09. The Morgan fingerprint density at radius 1 is 1.03 bits per heavy atom. The standard InChI is InChI=1S/C25H25ClN2O5S/c1-31-11-10-27(25(30)19-5-7-20(26)8-6-19)16-24(29)28(15-21-3-2-12-34-21)14-18-4-9-22-23(13-18)33-17-32-22/h2-9,12-13H,10-11,14-17H2,1H3. The molecule has 1 aliphatic rings. The zero-order valence-electron chi connectivity index (χ0n) is 18.7. The van der Waals surface area contributed by atoms with Crippen LogP contribution in [0, 0.1) is 0 Å². The Balaban J connectivity index is 1.53. The van der Waals surface area contributed by atoms with E-state index in [2.05, 4.69) is 0 Å². The molecule has 0 radical (unpaired) electrons. The first kappa shape index (κ1) is 24.1. The van der Waals surface area contributed by atoms with E-state index in [0.717, 1.165) is 10.4 Å². The predicted octanol–water partition coefficient (Wildman–Crippen LogP) is 4.45. The van der Waals surface area contributed by atoms with Crippen molar-refractivity contribution >= 4 is 34.8 Å². The Morgan fingerprint density at radius 3 is 2.56 bits per heavy atom. The number of thiophene rings is 1. The summed E-state index contributed by atoms with van der Waals surface area (Å²) in [4.78, 5) is 31.0. The van der Waals surface area contributed by atoms with Crippen molar-refractivity contribution in [3.05, 3.63) is 81.0 Å². The predicted molar refractivity (Wildman–Crippen MR) is 130 cm³/mol. The third-order valence-corrected chi connectivity index (χ3v) is 6.47. The molecule has 4 rings (SSSR count). The van der Waals surface area contributed by atoms with Crippen LogP contribution < -0.4 is 9.47 Å². The van der Waals surface area contributed by atoms with Crippen LogP contribution in [0.4, 0.5) is 0 Å². The Bertz CT molecular complexity index is 1120. The summed E-state index contributed by atoms with van der Waals surface area (Å²) in [5.41, 5.74) is 1.38. The van der Waals surface area contributed by atoms with Gasteiger partial charge in [-0.05, 0) is 53.4 Å². The SMILES string of the molecule is COCCN(CC(=O)N(Cc1ccc2c(c1)OCO2)Cc1cccs1)C(=O)c1ccc(Cl)cc1. The van der Waals surface area contributed by atoms with Crippen molar-refractivity contribution in [2.24, 2.45) is 0 Å². The number of methoxy groups -OCH3 is 1. The van der Waals surface area contributed by atoms with E-state index in [1.807, 2.05) is 35.7 Å². The molecular weight excluding hydrogens is 476 g/mol. The lowest BCUT2D eigenvalue weighted by Gasteiger charge is -2.27. The molecule has 2 aromatic carbocycles. The minimum atomic E-state index is -0.249. The first-order chi connectivity index (χ1) is 16.5. The molecule has 1 aliphatic heterocycles. The molecule has 0 atom stereocenters. The molecule has 0 saturated heterocycles. The fraction of sp³-hybridized carbons (Fsp3) is 0.280. The van der Waals surface area contributed by atoms with Gasteiger partial charge in [-0.3, -0.25) is 9.59 Å². The van der Waals surface area contributed by atoms with E-state index in [9.17, 15) is 9.59 Å². The van der Waals surface area contributed by atoms with Gasteiger partial charge in [0, 0.05) is 35.7 Å². The van der Waals surface area contributed by atoms with E-state index in [-0.39, 0.29) is 25.2 Å². The molecule has 0 aliphatic carbocycles. The number of halogens is 1. The lowest BCUT2D eigenvalue weighted by Crippen LogP contribution is -2.43. The van der Waals surface area contributed by atoms with Gasteiger partial charge in [-0.2, -0.15) is 0 Å². The van der Waals surface area contributed by atoms with Crippen molar-refractivity contribution in [1.29, 1.82) is 0 Å². The number of carbonyl (C=O) groups excluding carboxylic acids is 2. The van der Waals surface area contributed by atoms with Gasteiger partial charge in [0.1, 0.15) is 6.54 Å². The van der Waals surface area contributed by atoms with E-state index in [0.29, 0.717) is 48.3 Å². The maximum absolute atomic E-state index is 13.5. The van der Waals surface area contributed by atoms with E-state index in [1.54, 1.807) is 47.6 Å². The lowest BCUT2D eigenvalue weighted by molar-refractivity contribution is -0.133. The number of ether oxygens (including phenoxy) is 3. The second kappa shape index (κ2) is 11.4. The van der Waals surface area contributed by atoms with Crippen molar-refractivity contribution in [3.8, 4) is 11.5 Å². The average Bonchev–Trinajstić information content (AvgIpc) is 3.53. The molecule has 34 heavy (non-hydrogen) atoms. The minimum absolute atomic E-state index is 0.0687. The molecule has 0 unspecified atom stereocenters. The monoisotopic (exact) mass is 500 g/mol.